The molecule has 1 heterocycles. The van der Waals surface area contributed by atoms with E-state index in [0.29, 0.717) is 11.7 Å². The molecule has 7 heteroatoms. The van der Waals surface area contributed by atoms with Crippen molar-refractivity contribution in [1.82, 2.24) is 20.1 Å². The molecule has 140 valence electrons. The molecule has 0 unspecified atom stereocenters. The maximum absolute atomic E-state index is 12.2. The maximum atomic E-state index is 12.2. The van der Waals surface area contributed by atoms with E-state index >= 15 is 0 Å². The van der Waals surface area contributed by atoms with E-state index < -0.39 is 0 Å². The Balaban J connectivity index is 1.62. The van der Waals surface area contributed by atoms with E-state index in [4.69, 9.17) is 4.74 Å². The molecule has 0 saturated carbocycles. The summed E-state index contributed by atoms with van der Waals surface area (Å²) in [6.07, 6.45) is 0. The van der Waals surface area contributed by atoms with Crippen molar-refractivity contribution in [2.75, 3.05) is 12.9 Å². The van der Waals surface area contributed by atoms with E-state index in [2.05, 4.69) is 15.5 Å². The van der Waals surface area contributed by atoms with Crippen LogP contribution in [0.2, 0.25) is 0 Å². The molecule has 1 N–H and O–H groups in total. The molecule has 2 aromatic carbocycles. The van der Waals surface area contributed by atoms with Gasteiger partial charge in [-0.1, -0.05) is 36.0 Å². The van der Waals surface area contributed by atoms with Crippen LogP contribution in [0.5, 0.6) is 5.75 Å². The third kappa shape index (κ3) is 4.68. The predicted octanol–water partition coefficient (Wildman–Crippen LogP) is 3.30. The molecular weight excluding hydrogens is 360 g/mol. The van der Waals surface area contributed by atoms with Crippen LogP contribution < -0.4 is 10.1 Å². The molecule has 0 aliphatic rings. The van der Waals surface area contributed by atoms with Crippen LogP contribution in [0.3, 0.4) is 0 Å². The number of benzene rings is 2. The summed E-state index contributed by atoms with van der Waals surface area (Å²) in [6.45, 7) is 4.45. The van der Waals surface area contributed by atoms with Crippen molar-refractivity contribution in [3.05, 3.63) is 65.5 Å². The van der Waals surface area contributed by atoms with Crippen LogP contribution in [0, 0.1) is 13.8 Å². The highest BCUT2D eigenvalue weighted by atomic mass is 32.2. The number of methoxy groups -OCH3 is 1. The standard InChI is InChI=1S/C20H22N4O2S/c1-14-6-4-5-7-16(14)12-21-19(25)13-27-20-23-22-15(2)24(20)17-8-10-18(26-3)11-9-17/h4-11H,12-13H2,1-3H3,(H,21,25). The quantitative estimate of drug-likeness (QED) is 0.635. The van der Waals surface area contributed by atoms with E-state index in [9.17, 15) is 4.79 Å². The zero-order valence-electron chi connectivity index (χ0n) is 15.6. The molecule has 0 aliphatic heterocycles. The summed E-state index contributed by atoms with van der Waals surface area (Å²) in [4.78, 5) is 12.2. The molecule has 0 spiro atoms. The monoisotopic (exact) mass is 382 g/mol. The second-order valence-electron chi connectivity index (χ2n) is 6.06. The summed E-state index contributed by atoms with van der Waals surface area (Å²) in [6, 6.07) is 15.7. The summed E-state index contributed by atoms with van der Waals surface area (Å²) < 4.78 is 7.13. The molecule has 0 atom stereocenters. The number of hydrogen-bond donors (Lipinski definition) is 1. The zero-order valence-corrected chi connectivity index (χ0v) is 16.4. The van der Waals surface area contributed by atoms with Gasteiger partial charge in [0.05, 0.1) is 12.9 Å². The van der Waals surface area contributed by atoms with Crippen LogP contribution in [0.1, 0.15) is 17.0 Å². The van der Waals surface area contributed by atoms with Gasteiger partial charge in [-0.3, -0.25) is 9.36 Å². The average molecular weight is 382 g/mol. The fraction of sp³-hybridized carbons (Fsp3) is 0.250. The highest BCUT2D eigenvalue weighted by Crippen LogP contribution is 2.23. The normalized spacial score (nSPS) is 10.6. The van der Waals surface area contributed by atoms with Gasteiger partial charge >= 0.3 is 0 Å². The minimum absolute atomic E-state index is 0.0369. The highest BCUT2D eigenvalue weighted by molar-refractivity contribution is 7.99. The van der Waals surface area contributed by atoms with Crippen molar-refractivity contribution in [2.45, 2.75) is 25.5 Å². The first-order chi connectivity index (χ1) is 13.1. The third-order valence-corrected chi connectivity index (χ3v) is 5.12. The van der Waals surface area contributed by atoms with Gasteiger partial charge in [0.2, 0.25) is 5.91 Å². The van der Waals surface area contributed by atoms with E-state index in [1.54, 1.807) is 7.11 Å². The lowest BCUT2D eigenvalue weighted by molar-refractivity contribution is -0.118. The molecule has 0 aliphatic carbocycles. The van der Waals surface area contributed by atoms with E-state index in [1.807, 2.05) is 66.9 Å². The fourth-order valence-electron chi connectivity index (χ4n) is 2.65. The topological polar surface area (TPSA) is 69.0 Å². The Morgan fingerprint density at radius 1 is 1.11 bits per heavy atom. The number of aryl methyl sites for hydroxylation is 2. The molecule has 3 aromatic rings. The summed E-state index contributed by atoms with van der Waals surface area (Å²) in [5, 5.41) is 12.0. The van der Waals surface area contributed by atoms with Gasteiger partial charge in [-0.15, -0.1) is 10.2 Å². The van der Waals surface area contributed by atoms with Crippen molar-refractivity contribution in [3.63, 3.8) is 0 Å². The number of carbonyl (C=O) groups is 1. The third-order valence-electron chi connectivity index (χ3n) is 4.20. The Hall–Kier alpha value is -2.80. The number of nitrogens with zero attached hydrogens (tertiary/aromatic N) is 3. The van der Waals surface area contributed by atoms with Gasteiger partial charge in [0.15, 0.2) is 5.16 Å². The van der Waals surface area contributed by atoms with Crippen LogP contribution in [0.25, 0.3) is 5.69 Å². The number of nitrogens with one attached hydrogen (secondary N) is 1. The minimum atomic E-state index is -0.0369. The van der Waals surface area contributed by atoms with Crippen LogP contribution >= 0.6 is 11.8 Å². The first kappa shape index (κ1) is 19.0. The van der Waals surface area contributed by atoms with Crippen LogP contribution in [-0.4, -0.2) is 33.5 Å². The minimum Gasteiger partial charge on any atom is -0.497 e. The number of rotatable bonds is 7. The highest BCUT2D eigenvalue weighted by Gasteiger charge is 2.13. The van der Waals surface area contributed by atoms with Gasteiger partial charge in [-0.25, -0.2) is 0 Å². The van der Waals surface area contributed by atoms with Crippen molar-refractivity contribution < 1.29 is 9.53 Å². The molecule has 0 fully saturated rings. The second-order valence-corrected chi connectivity index (χ2v) is 7.00. The number of hydrogen-bond acceptors (Lipinski definition) is 5. The van der Waals surface area contributed by atoms with Gasteiger partial charge in [-0.2, -0.15) is 0 Å². The van der Waals surface area contributed by atoms with Gasteiger partial charge in [0.25, 0.3) is 0 Å². The molecule has 27 heavy (non-hydrogen) atoms. The summed E-state index contributed by atoms with van der Waals surface area (Å²) in [7, 11) is 1.63. The van der Waals surface area contributed by atoms with E-state index in [1.165, 1.54) is 17.3 Å². The van der Waals surface area contributed by atoms with Gasteiger partial charge in [-0.05, 0) is 49.2 Å². The SMILES string of the molecule is COc1ccc(-n2c(C)nnc2SCC(=O)NCc2ccccc2C)cc1. The molecule has 0 saturated heterocycles. The largest absolute Gasteiger partial charge is 0.497 e. The Kier molecular flexibility index (Phi) is 6.13. The maximum Gasteiger partial charge on any atom is 0.230 e. The predicted molar refractivity (Wildman–Crippen MR) is 106 cm³/mol. The molecule has 1 amide bonds. The van der Waals surface area contributed by atoms with Crippen LogP contribution in [0.4, 0.5) is 0 Å². The van der Waals surface area contributed by atoms with Crippen molar-refractivity contribution in [3.8, 4) is 11.4 Å². The summed E-state index contributed by atoms with van der Waals surface area (Å²) in [5.74, 6) is 1.79. The Morgan fingerprint density at radius 2 is 1.85 bits per heavy atom. The number of thioether (sulfide) groups is 1. The first-order valence-electron chi connectivity index (χ1n) is 8.59. The van der Waals surface area contributed by atoms with Crippen molar-refractivity contribution in [2.24, 2.45) is 0 Å². The zero-order chi connectivity index (χ0) is 19.2. The van der Waals surface area contributed by atoms with Gasteiger partial charge in [0, 0.05) is 12.2 Å². The van der Waals surface area contributed by atoms with Crippen molar-refractivity contribution in [1.29, 1.82) is 0 Å². The summed E-state index contributed by atoms with van der Waals surface area (Å²) >= 11 is 1.37. The van der Waals surface area contributed by atoms with E-state index in [-0.39, 0.29) is 11.7 Å². The lowest BCUT2D eigenvalue weighted by Gasteiger charge is -2.10. The Morgan fingerprint density at radius 3 is 2.56 bits per heavy atom. The van der Waals surface area contributed by atoms with Crippen LogP contribution in [-0.2, 0) is 11.3 Å². The smallest absolute Gasteiger partial charge is 0.230 e. The number of carbonyl (C=O) groups excluding carboxylic acids is 1. The molecular formula is C20H22N4O2S. The lowest BCUT2D eigenvalue weighted by atomic mass is 10.1. The average Bonchev–Trinajstić information content (AvgIpc) is 3.06. The number of amides is 1. The summed E-state index contributed by atoms with van der Waals surface area (Å²) in [5.41, 5.74) is 3.22. The Bertz CT molecular complexity index is 922. The molecule has 6 nitrogen and oxygen atoms in total. The van der Waals surface area contributed by atoms with Crippen LogP contribution in [0.15, 0.2) is 53.7 Å². The number of aromatic nitrogens is 3. The Labute approximate surface area is 163 Å². The second kappa shape index (κ2) is 8.73. The lowest BCUT2D eigenvalue weighted by Crippen LogP contribution is -2.25. The van der Waals surface area contributed by atoms with Gasteiger partial charge in [0.1, 0.15) is 11.6 Å². The molecule has 0 radical (unpaired) electrons. The first-order valence-corrected chi connectivity index (χ1v) is 9.57. The van der Waals surface area contributed by atoms with Crippen molar-refractivity contribution >= 4 is 17.7 Å². The number of ether oxygens (including phenoxy) is 1. The van der Waals surface area contributed by atoms with Gasteiger partial charge < -0.3 is 10.1 Å². The van der Waals surface area contributed by atoms with E-state index in [0.717, 1.165) is 22.8 Å². The fourth-order valence-corrected chi connectivity index (χ4v) is 3.48. The molecule has 0 bridgehead atoms. The molecule has 3 rings (SSSR count). The molecule has 1 aromatic heterocycles.